The SMILES string of the molecule is COc1cccc(Br)c1OCC1(N)CC1.Cl. The third-order valence-electron chi connectivity index (χ3n) is 2.55. The van der Waals surface area contributed by atoms with Crippen LogP contribution in [-0.4, -0.2) is 19.3 Å². The van der Waals surface area contributed by atoms with Gasteiger partial charge < -0.3 is 15.2 Å². The molecule has 2 rings (SSSR count). The first-order valence-electron chi connectivity index (χ1n) is 4.89. The average Bonchev–Trinajstić information content (AvgIpc) is 2.95. The predicted molar refractivity (Wildman–Crippen MR) is 69.6 cm³/mol. The van der Waals surface area contributed by atoms with Crippen molar-refractivity contribution in [1.82, 2.24) is 0 Å². The zero-order valence-electron chi connectivity index (χ0n) is 9.03. The van der Waals surface area contributed by atoms with Gasteiger partial charge in [-0.3, -0.25) is 0 Å². The fourth-order valence-electron chi connectivity index (χ4n) is 1.31. The quantitative estimate of drug-likeness (QED) is 0.930. The first kappa shape index (κ1) is 13.6. The molecule has 0 saturated heterocycles. The van der Waals surface area contributed by atoms with Gasteiger partial charge in [-0.2, -0.15) is 0 Å². The Bertz CT molecular complexity index is 369. The van der Waals surface area contributed by atoms with Gasteiger partial charge >= 0.3 is 0 Å². The molecule has 1 saturated carbocycles. The lowest BCUT2D eigenvalue weighted by Crippen LogP contribution is -2.29. The molecule has 5 heteroatoms. The summed E-state index contributed by atoms with van der Waals surface area (Å²) in [7, 11) is 1.63. The summed E-state index contributed by atoms with van der Waals surface area (Å²) in [5.41, 5.74) is 5.84. The van der Waals surface area contributed by atoms with Crippen LogP contribution in [0.15, 0.2) is 22.7 Å². The van der Waals surface area contributed by atoms with Crippen molar-refractivity contribution in [3.8, 4) is 11.5 Å². The van der Waals surface area contributed by atoms with Gasteiger partial charge in [0.25, 0.3) is 0 Å². The van der Waals surface area contributed by atoms with Crippen molar-refractivity contribution in [1.29, 1.82) is 0 Å². The van der Waals surface area contributed by atoms with E-state index in [1.807, 2.05) is 18.2 Å². The lowest BCUT2D eigenvalue weighted by molar-refractivity contribution is 0.262. The van der Waals surface area contributed by atoms with E-state index in [2.05, 4.69) is 15.9 Å². The molecule has 1 aliphatic carbocycles. The number of ether oxygens (including phenoxy) is 2. The van der Waals surface area contributed by atoms with E-state index in [4.69, 9.17) is 15.2 Å². The smallest absolute Gasteiger partial charge is 0.175 e. The van der Waals surface area contributed by atoms with Crippen LogP contribution in [0.2, 0.25) is 0 Å². The van der Waals surface area contributed by atoms with Gasteiger partial charge in [-0.25, -0.2) is 0 Å². The number of benzene rings is 1. The van der Waals surface area contributed by atoms with E-state index in [1.54, 1.807) is 7.11 Å². The van der Waals surface area contributed by atoms with Gasteiger partial charge in [0.2, 0.25) is 0 Å². The number of para-hydroxylation sites is 1. The number of methoxy groups -OCH3 is 1. The molecule has 0 aromatic heterocycles. The van der Waals surface area contributed by atoms with E-state index in [1.165, 1.54) is 0 Å². The molecule has 16 heavy (non-hydrogen) atoms. The van der Waals surface area contributed by atoms with Gasteiger partial charge in [-0.05, 0) is 40.9 Å². The number of rotatable bonds is 4. The maximum Gasteiger partial charge on any atom is 0.175 e. The van der Waals surface area contributed by atoms with Crippen LogP contribution in [0.5, 0.6) is 11.5 Å². The molecule has 0 bridgehead atoms. The molecule has 1 aliphatic rings. The number of hydrogen-bond donors (Lipinski definition) is 1. The molecule has 0 atom stereocenters. The van der Waals surface area contributed by atoms with Crippen LogP contribution in [0.1, 0.15) is 12.8 Å². The zero-order valence-corrected chi connectivity index (χ0v) is 11.4. The normalized spacial score (nSPS) is 16.2. The van der Waals surface area contributed by atoms with Crippen LogP contribution in [0.3, 0.4) is 0 Å². The molecule has 1 fully saturated rings. The second kappa shape index (κ2) is 5.25. The van der Waals surface area contributed by atoms with Crippen molar-refractivity contribution < 1.29 is 9.47 Å². The molecule has 1 aromatic rings. The summed E-state index contributed by atoms with van der Waals surface area (Å²) >= 11 is 3.43. The molecule has 0 unspecified atom stereocenters. The summed E-state index contributed by atoms with van der Waals surface area (Å²) in [6, 6.07) is 5.70. The summed E-state index contributed by atoms with van der Waals surface area (Å²) in [6.45, 7) is 0.548. The van der Waals surface area contributed by atoms with E-state index in [9.17, 15) is 0 Å². The van der Waals surface area contributed by atoms with Gasteiger partial charge in [0.05, 0.1) is 17.1 Å². The van der Waals surface area contributed by atoms with E-state index >= 15 is 0 Å². The van der Waals surface area contributed by atoms with E-state index in [-0.39, 0.29) is 17.9 Å². The van der Waals surface area contributed by atoms with Gasteiger partial charge in [-0.15, -0.1) is 12.4 Å². The largest absolute Gasteiger partial charge is 0.493 e. The second-order valence-electron chi connectivity index (χ2n) is 3.92. The molecule has 0 radical (unpaired) electrons. The Labute approximate surface area is 110 Å². The topological polar surface area (TPSA) is 44.5 Å². The Balaban J connectivity index is 0.00000128. The summed E-state index contributed by atoms with van der Waals surface area (Å²) in [4.78, 5) is 0. The third-order valence-corrected chi connectivity index (χ3v) is 3.17. The van der Waals surface area contributed by atoms with Crippen LogP contribution >= 0.6 is 28.3 Å². The van der Waals surface area contributed by atoms with Gasteiger partial charge in [0, 0.05) is 0 Å². The number of hydrogen-bond acceptors (Lipinski definition) is 3. The van der Waals surface area contributed by atoms with Crippen molar-refractivity contribution in [3.63, 3.8) is 0 Å². The Morgan fingerprint density at radius 2 is 2.12 bits per heavy atom. The highest BCUT2D eigenvalue weighted by atomic mass is 79.9. The molecule has 0 spiro atoms. The Morgan fingerprint density at radius 3 is 2.69 bits per heavy atom. The maximum absolute atomic E-state index is 5.95. The Hall–Kier alpha value is -0.450. The van der Waals surface area contributed by atoms with Crippen molar-refractivity contribution in [2.45, 2.75) is 18.4 Å². The molecular formula is C11H15BrClNO2. The minimum atomic E-state index is -0.111. The molecule has 90 valence electrons. The first-order valence-corrected chi connectivity index (χ1v) is 5.68. The average molecular weight is 309 g/mol. The molecule has 1 aromatic carbocycles. The summed E-state index contributed by atoms with van der Waals surface area (Å²) in [5, 5.41) is 0. The van der Waals surface area contributed by atoms with Crippen LogP contribution in [0.25, 0.3) is 0 Å². The lowest BCUT2D eigenvalue weighted by Gasteiger charge is -2.15. The lowest BCUT2D eigenvalue weighted by atomic mass is 10.3. The van der Waals surface area contributed by atoms with E-state index in [0.29, 0.717) is 6.61 Å². The molecule has 0 amide bonds. The maximum atomic E-state index is 5.95. The molecule has 2 N–H and O–H groups in total. The highest BCUT2D eigenvalue weighted by molar-refractivity contribution is 9.10. The van der Waals surface area contributed by atoms with Crippen LogP contribution < -0.4 is 15.2 Å². The van der Waals surface area contributed by atoms with Crippen LogP contribution in [0, 0.1) is 0 Å². The number of halogens is 2. The highest BCUT2D eigenvalue weighted by Gasteiger charge is 2.39. The summed E-state index contributed by atoms with van der Waals surface area (Å²) in [6.07, 6.45) is 2.08. The van der Waals surface area contributed by atoms with Gasteiger partial charge in [0.1, 0.15) is 6.61 Å². The standard InChI is InChI=1S/C11H14BrNO2.ClH/c1-14-9-4-2-3-8(12)10(9)15-7-11(13)5-6-11;/h2-4H,5-7,13H2,1H3;1H. The minimum Gasteiger partial charge on any atom is -0.493 e. The van der Waals surface area contributed by atoms with E-state index < -0.39 is 0 Å². The Morgan fingerprint density at radius 1 is 1.44 bits per heavy atom. The summed E-state index contributed by atoms with van der Waals surface area (Å²) < 4.78 is 11.8. The fourth-order valence-corrected chi connectivity index (χ4v) is 1.77. The monoisotopic (exact) mass is 307 g/mol. The minimum absolute atomic E-state index is 0. The molecule has 0 heterocycles. The predicted octanol–water partition coefficient (Wildman–Crippen LogP) is 2.75. The third kappa shape index (κ3) is 3.03. The molecule has 0 aliphatic heterocycles. The van der Waals surface area contributed by atoms with Crippen LogP contribution in [-0.2, 0) is 0 Å². The zero-order chi connectivity index (χ0) is 10.9. The highest BCUT2D eigenvalue weighted by Crippen LogP contribution is 2.38. The molecule has 3 nitrogen and oxygen atoms in total. The second-order valence-corrected chi connectivity index (χ2v) is 4.78. The number of nitrogens with two attached hydrogens (primary N) is 1. The Kier molecular flexibility index (Phi) is 4.47. The molecular weight excluding hydrogens is 293 g/mol. The van der Waals surface area contributed by atoms with Gasteiger partial charge in [0.15, 0.2) is 11.5 Å². The summed E-state index contributed by atoms with van der Waals surface area (Å²) in [5.74, 6) is 1.46. The van der Waals surface area contributed by atoms with Crippen molar-refractivity contribution >= 4 is 28.3 Å². The fraction of sp³-hybridized carbons (Fsp3) is 0.455. The van der Waals surface area contributed by atoms with Gasteiger partial charge in [-0.1, -0.05) is 6.07 Å². The first-order chi connectivity index (χ1) is 7.14. The van der Waals surface area contributed by atoms with Crippen LogP contribution in [0.4, 0.5) is 0 Å². The van der Waals surface area contributed by atoms with Crippen molar-refractivity contribution in [2.24, 2.45) is 5.73 Å². The van der Waals surface area contributed by atoms with Crippen molar-refractivity contribution in [3.05, 3.63) is 22.7 Å². The van der Waals surface area contributed by atoms with Crippen molar-refractivity contribution in [2.75, 3.05) is 13.7 Å². The van der Waals surface area contributed by atoms with E-state index in [0.717, 1.165) is 28.8 Å².